The van der Waals surface area contributed by atoms with Gasteiger partial charge in [-0.15, -0.1) is 0 Å². The summed E-state index contributed by atoms with van der Waals surface area (Å²) in [5, 5.41) is 37.5. The van der Waals surface area contributed by atoms with Gasteiger partial charge in [-0.05, 0) is 0 Å². The molecule has 0 aromatic rings. The van der Waals surface area contributed by atoms with E-state index in [9.17, 15) is 19.2 Å². The molecule has 0 fully saturated rings. The first-order chi connectivity index (χ1) is 12.6. The average molecular weight is 395 g/mol. The van der Waals surface area contributed by atoms with Crippen LogP contribution in [0, 0.1) is 0 Å². The minimum atomic E-state index is -1.23. The molecule has 13 nitrogen and oxygen atoms in total. The Hall–Kier alpha value is -2.32. The van der Waals surface area contributed by atoms with Crippen LogP contribution in [0.1, 0.15) is 0 Å². The Morgan fingerprint density at radius 3 is 1.07 bits per heavy atom. The van der Waals surface area contributed by atoms with E-state index in [0.717, 1.165) is 22.9 Å². The normalized spacial score (nSPS) is 10.4. The van der Waals surface area contributed by atoms with Gasteiger partial charge < -0.3 is 37.2 Å². The van der Waals surface area contributed by atoms with E-state index in [1.165, 1.54) is 0 Å². The van der Waals surface area contributed by atoms with Crippen LogP contribution in [0.15, 0.2) is 0 Å². The van der Waals surface area contributed by atoms with Gasteiger partial charge in [0.1, 0.15) is 0 Å². The van der Waals surface area contributed by atoms with Crippen molar-refractivity contribution in [2.45, 2.75) is 0 Å². The second-order valence-corrected chi connectivity index (χ2v) is 5.32. The highest BCUT2D eigenvalue weighted by Gasteiger charge is 2.17. The summed E-state index contributed by atoms with van der Waals surface area (Å²) < 4.78 is 0. The number of rotatable bonds is 15. The van der Waals surface area contributed by atoms with E-state index >= 15 is 0 Å². The molecule has 13 heteroatoms. The van der Waals surface area contributed by atoms with Crippen LogP contribution in [0.3, 0.4) is 0 Å². The molecule has 0 saturated heterocycles. The first kappa shape index (κ1) is 26.9. The number of aliphatic carboxylic acids is 4. The molecule has 0 amide bonds. The maximum absolute atomic E-state index is 10.6. The maximum atomic E-state index is 10.6. The second-order valence-electron chi connectivity index (χ2n) is 5.32. The molecular formula is C14H29N5O8. The number of nitrogens with two attached hydrogens (primary N) is 2. The summed E-state index contributed by atoms with van der Waals surface area (Å²) in [5.41, 5.74) is 10.3. The van der Waals surface area contributed by atoms with Gasteiger partial charge in [-0.2, -0.15) is 0 Å². The standard InChI is InChI=1S/C10H16N2O8.C4H13N3/c13-7(14)3-11(4-8(15)16)1-2-12(5-9(17)18)6-10(19)20;5-1-3-7-4-2-6/h1-6H2,(H,13,14)(H,15,16)(H,17,18)(H,19,20);7H,1-6H2. The lowest BCUT2D eigenvalue weighted by atomic mass is 10.4. The fourth-order valence-electron chi connectivity index (χ4n) is 1.81. The number of carbonyl (C=O) groups is 4. The summed E-state index contributed by atoms with van der Waals surface area (Å²) in [6.45, 7) is 0.883. The van der Waals surface area contributed by atoms with Gasteiger partial charge in [-0.1, -0.05) is 0 Å². The molecule has 0 atom stereocenters. The van der Waals surface area contributed by atoms with Crippen LogP contribution in [-0.4, -0.2) is 120 Å². The average Bonchev–Trinajstić information content (AvgIpc) is 2.51. The zero-order chi connectivity index (χ0) is 21.2. The number of hydrogen-bond acceptors (Lipinski definition) is 9. The van der Waals surface area contributed by atoms with Gasteiger partial charge in [0.2, 0.25) is 0 Å². The molecule has 0 aliphatic heterocycles. The van der Waals surface area contributed by atoms with Crippen LogP contribution >= 0.6 is 0 Å². The Labute approximate surface area is 156 Å². The number of nitrogens with one attached hydrogen (secondary N) is 1. The van der Waals surface area contributed by atoms with E-state index in [4.69, 9.17) is 31.9 Å². The Bertz CT molecular complexity index is 391. The minimum absolute atomic E-state index is 0.0703. The van der Waals surface area contributed by atoms with Crippen molar-refractivity contribution in [2.75, 3.05) is 65.4 Å². The largest absolute Gasteiger partial charge is 0.480 e. The van der Waals surface area contributed by atoms with E-state index < -0.39 is 50.1 Å². The molecule has 0 bridgehead atoms. The molecule has 0 unspecified atom stereocenters. The number of hydrogen-bond donors (Lipinski definition) is 7. The quantitative estimate of drug-likeness (QED) is 0.133. The summed E-state index contributed by atoms with van der Waals surface area (Å²) in [6.07, 6.45) is 0. The topological polar surface area (TPSA) is 220 Å². The van der Waals surface area contributed by atoms with Crippen molar-refractivity contribution >= 4 is 23.9 Å². The van der Waals surface area contributed by atoms with Gasteiger partial charge in [-0.25, -0.2) is 0 Å². The van der Waals surface area contributed by atoms with E-state index in [1.807, 2.05) is 0 Å². The smallest absolute Gasteiger partial charge is 0.317 e. The van der Waals surface area contributed by atoms with E-state index in [0.29, 0.717) is 13.1 Å². The van der Waals surface area contributed by atoms with Gasteiger partial charge in [0.05, 0.1) is 26.2 Å². The lowest BCUT2D eigenvalue weighted by Crippen LogP contribution is -2.43. The molecular weight excluding hydrogens is 366 g/mol. The molecule has 0 aromatic carbocycles. The zero-order valence-corrected chi connectivity index (χ0v) is 15.0. The van der Waals surface area contributed by atoms with Crippen LogP contribution in [-0.2, 0) is 19.2 Å². The van der Waals surface area contributed by atoms with Crippen LogP contribution in [0.2, 0.25) is 0 Å². The Morgan fingerprint density at radius 1 is 0.630 bits per heavy atom. The molecule has 0 rings (SSSR count). The molecule has 0 aliphatic carbocycles. The zero-order valence-electron chi connectivity index (χ0n) is 15.0. The third-order valence-electron chi connectivity index (χ3n) is 2.81. The lowest BCUT2D eigenvalue weighted by molar-refractivity contribution is -0.145. The monoisotopic (exact) mass is 395 g/mol. The van der Waals surface area contributed by atoms with Crippen molar-refractivity contribution in [2.24, 2.45) is 11.5 Å². The van der Waals surface area contributed by atoms with Crippen LogP contribution in [0.5, 0.6) is 0 Å². The first-order valence-electron chi connectivity index (χ1n) is 8.05. The summed E-state index contributed by atoms with van der Waals surface area (Å²) >= 11 is 0. The van der Waals surface area contributed by atoms with Gasteiger partial charge >= 0.3 is 23.9 Å². The number of carboxylic acid groups (broad SMARTS) is 4. The number of nitrogens with zero attached hydrogens (tertiary/aromatic N) is 2. The highest BCUT2D eigenvalue weighted by atomic mass is 16.4. The van der Waals surface area contributed by atoms with Gasteiger partial charge in [-0.3, -0.25) is 29.0 Å². The second kappa shape index (κ2) is 17.1. The molecule has 0 saturated carbocycles. The van der Waals surface area contributed by atoms with Crippen molar-refractivity contribution in [3.63, 3.8) is 0 Å². The predicted molar refractivity (Wildman–Crippen MR) is 94.4 cm³/mol. The molecule has 0 aromatic heterocycles. The van der Waals surface area contributed by atoms with E-state index in [2.05, 4.69) is 5.32 Å². The molecule has 9 N–H and O–H groups in total. The summed E-state index contributed by atoms with van der Waals surface area (Å²) in [4.78, 5) is 44.4. The summed E-state index contributed by atoms with van der Waals surface area (Å²) in [5.74, 6) is -4.91. The Kier molecular flexibility index (Phi) is 17.1. The Balaban J connectivity index is 0. The third kappa shape index (κ3) is 21.6. The van der Waals surface area contributed by atoms with Crippen molar-refractivity contribution in [1.82, 2.24) is 15.1 Å². The minimum Gasteiger partial charge on any atom is -0.480 e. The fraction of sp³-hybridized carbons (Fsp3) is 0.714. The molecule has 0 aliphatic rings. The van der Waals surface area contributed by atoms with Gasteiger partial charge in [0.25, 0.3) is 0 Å². The first-order valence-corrected chi connectivity index (χ1v) is 8.05. The summed E-state index contributed by atoms with van der Waals surface area (Å²) in [7, 11) is 0. The molecule has 0 radical (unpaired) electrons. The van der Waals surface area contributed by atoms with E-state index in [1.54, 1.807) is 0 Å². The summed E-state index contributed by atoms with van der Waals surface area (Å²) in [6, 6.07) is 0. The molecule has 158 valence electrons. The van der Waals surface area contributed by atoms with Crippen molar-refractivity contribution in [3.8, 4) is 0 Å². The van der Waals surface area contributed by atoms with Crippen LogP contribution in [0.25, 0.3) is 0 Å². The molecule has 0 spiro atoms. The van der Waals surface area contributed by atoms with Crippen LogP contribution < -0.4 is 16.8 Å². The molecule has 0 heterocycles. The van der Waals surface area contributed by atoms with Gasteiger partial charge in [0, 0.05) is 39.3 Å². The van der Waals surface area contributed by atoms with Gasteiger partial charge in [0.15, 0.2) is 0 Å². The van der Waals surface area contributed by atoms with Crippen LogP contribution in [0.4, 0.5) is 0 Å². The highest BCUT2D eigenvalue weighted by molar-refractivity contribution is 5.73. The lowest BCUT2D eigenvalue weighted by Gasteiger charge is -2.23. The highest BCUT2D eigenvalue weighted by Crippen LogP contribution is 1.94. The van der Waals surface area contributed by atoms with Crippen molar-refractivity contribution in [1.29, 1.82) is 0 Å². The third-order valence-corrected chi connectivity index (χ3v) is 2.81. The maximum Gasteiger partial charge on any atom is 0.317 e. The molecule has 27 heavy (non-hydrogen) atoms. The van der Waals surface area contributed by atoms with E-state index in [-0.39, 0.29) is 13.1 Å². The van der Waals surface area contributed by atoms with Crippen molar-refractivity contribution in [3.05, 3.63) is 0 Å². The van der Waals surface area contributed by atoms with Crippen molar-refractivity contribution < 1.29 is 39.6 Å². The number of carboxylic acids is 4. The SMILES string of the molecule is NCCNCCN.O=C(O)CN(CCN(CC(=O)O)CC(=O)O)CC(=O)O. The Morgan fingerprint density at radius 2 is 0.889 bits per heavy atom. The fourth-order valence-corrected chi connectivity index (χ4v) is 1.81. The predicted octanol–water partition coefficient (Wildman–Crippen LogP) is -3.58.